The molecule has 130 valence electrons. The molecule has 7 heteroatoms. The van der Waals surface area contributed by atoms with Gasteiger partial charge in [0, 0.05) is 30.9 Å². The maximum absolute atomic E-state index is 12.5. The summed E-state index contributed by atoms with van der Waals surface area (Å²) in [6.45, 7) is -0.0882. The highest BCUT2D eigenvalue weighted by molar-refractivity contribution is 5.92. The van der Waals surface area contributed by atoms with Crippen LogP contribution in [0, 0.1) is 0 Å². The fourth-order valence-electron chi connectivity index (χ4n) is 2.70. The number of benzene rings is 1. The molecule has 0 radical (unpaired) electrons. The number of hydrogen-bond acceptors (Lipinski definition) is 4. The number of nitrogens with zero attached hydrogens (tertiary/aromatic N) is 2. The van der Waals surface area contributed by atoms with Gasteiger partial charge in [-0.05, 0) is 24.3 Å². The largest absolute Gasteiger partial charge is 0.497 e. The average molecular weight is 341 g/mol. The molecule has 0 saturated carbocycles. The smallest absolute Gasteiger partial charge is 0.275 e. The second-order valence-corrected chi connectivity index (χ2v) is 5.59. The molecule has 3 aromatic rings. The van der Waals surface area contributed by atoms with Gasteiger partial charge in [0.15, 0.2) is 0 Å². The fourth-order valence-corrected chi connectivity index (χ4v) is 2.70. The van der Waals surface area contributed by atoms with E-state index < -0.39 is 0 Å². The van der Waals surface area contributed by atoms with E-state index >= 15 is 0 Å². The summed E-state index contributed by atoms with van der Waals surface area (Å²) in [5.74, 6) is 0.789. The first kappa shape index (κ1) is 16.6. The summed E-state index contributed by atoms with van der Waals surface area (Å²) < 4.78 is 13.5. The Morgan fingerprint density at radius 2 is 1.88 bits per heavy atom. The number of amides is 1. The Bertz CT molecular complexity index is 988. The summed E-state index contributed by atoms with van der Waals surface area (Å²) in [6, 6.07) is 8.78. The molecule has 3 rings (SSSR count). The number of methoxy groups -OCH3 is 2. The van der Waals surface area contributed by atoms with Crippen LogP contribution in [0.25, 0.3) is 10.9 Å². The maximum Gasteiger partial charge on any atom is 0.275 e. The van der Waals surface area contributed by atoms with Crippen molar-refractivity contribution in [3.63, 3.8) is 0 Å². The molecule has 0 bridgehead atoms. The molecular weight excluding hydrogens is 322 g/mol. The Labute approximate surface area is 144 Å². The summed E-state index contributed by atoms with van der Waals surface area (Å²) in [4.78, 5) is 24.9. The summed E-state index contributed by atoms with van der Waals surface area (Å²) in [6.07, 6.45) is 3.44. The van der Waals surface area contributed by atoms with Crippen molar-refractivity contribution in [3.8, 4) is 11.5 Å². The van der Waals surface area contributed by atoms with Gasteiger partial charge in [0.1, 0.15) is 23.6 Å². The van der Waals surface area contributed by atoms with Crippen LogP contribution in [-0.2, 0) is 18.4 Å². The zero-order valence-electron chi connectivity index (χ0n) is 14.3. The number of fused-ring (bicyclic) bond motifs is 1. The van der Waals surface area contributed by atoms with Crippen LogP contribution in [-0.4, -0.2) is 29.3 Å². The number of nitrogens with one attached hydrogen (secondary N) is 1. The van der Waals surface area contributed by atoms with E-state index in [4.69, 9.17) is 9.47 Å². The zero-order valence-corrected chi connectivity index (χ0v) is 14.3. The maximum atomic E-state index is 12.5. The Balaban J connectivity index is 1.83. The third kappa shape index (κ3) is 3.21. The summed E-state index contributed by atoms with van der Waals surface area (Å²) in [5, 5.41) is 3.61. The number of hydrogen-bond donors (Lipinski definition) is 1. The van der Waals surface area contributed by atoms with Crippen LogP contribution < -0.4 is 20.3 Å². The van der Waals surface area contributed by atoms with E-state index in [0.717, 1.165) is 5.39 Å². The van der Waals surface area contributed by atoms with Crippen molar-refractivity contribution in [1.82, 2.24) is 9.13 Å². The van der Waals surface area contributed by atoms with Gasteiger partial charge in [-0.1, -0.05) is 0 Å². The van der Waals surface area contributed by atoms with Crippen molar-refractivity contribution in [1.29, 1.82) is 0 Å². The minimum Gasteiger partial charge on any atom is -0.497 e. The molecule has 2 aromatic heterocycles. The first-order valence-corrected chi connectivity index (χ1v) is 7.70. The van der Waals surface area contributed by atoms with E-state index in [9.17, 15) is 9.59 Å². The van der Waals surface area contributed by atoms with E-state index in [1.165, 1.54) is 11.7 Å². The van der Waals surface area contributed by atoms with Crippen LogP contribution in [0.4, 0.5) is 5.69 Å². The summed E-state index contributed by atoms with van der Waals surface area (Å²) in [5.41, 5.74) is 0.875. The standard InChI is InChI=1S/C18H19N3O4/c1-20-8-6-12-7-9-21(18(23)17(12)20)11-16(22)19-14-5-4-13(24-2)10-15(14)25-3/h4-10H,11H2,1-3H3,(H,19,22). The van der Waals surface area contributed by atoms with E-state index in [0.29, 0.717) is 22.7 Å². The van der Waals surface area contributed by atoms with Crippen molar-refractivity contribution >= 4 is 22.5 Å². The third-order valence-corrected chi connectivity index (χ3v) is 4.00. The molecule has 0 aliphatic carbocycles. The predicted octanol–water partition coefficient (Wildman–Crippen LogP) is 2.00. The summed E-state index contributed by atoms with van der Waals surface area (Å²) >= 11 is 0. The molecule has 25 heavy (non-hydrogen) atoms. The van der Waals surface area contributed by atoms with Gasteiger partial charge < -0.3 is 23.9 Å². The molecule has 1 N–H and O–H groups in total. The van der Waals surface area contributed by atoms with Gasteiger partial charge in [-0.25, -0.2) is 0 Å². The summed E-state index contributed by atoms with van der Waals surface area (Å²) in [7, 11) is 4.87. The SMILES string of the molecule is COc1ccc(NC(=O)Cn2ccc3ccn(C)c3c2=O)c(OC)c1. The number of anilines is 1. The van der Waals surface area contributed by atoms with E-state index in [-0.39, 0.29) is 18.0 Å². The molecule has 0 saturated heterocycles. The van der Waals surface area contributed by atoms with Gasteiger partial charge in [0.05, 0.1) is 19.9 Å². The lowest BCUT2D eigenvalue weighted by Gasteiger charge is -2.12. The number of rotatable bonds is 5. The lowest BCUT2D eigenvalue weighted by molar-refractivity contribution is -0.116. The second kappa shape index (κ2) is 6.72. The van der Waals surface area contributed by atoms with Crippen molar-refractivity contribution in [2.75, 3.05) is 19.5 Å². The highest BCUT2D eigenvalue weighted by Crippen LogP contribution is 2.28. The quantitative estimate of drug-likeness (QED) is 0.770. The van der Waals surface area contributed by atoms with Gasteiger partial charge in [-0.2, -0.15) is 0 Å². The number of ether oxygens (including phenoxy) is 2. The molecule has 0 aliphatic heterocycles. The fraction of sp³-hybridized carbons (Fsp3) is 0.222. The van der Waals surface area contributed by atoms with Crippen LogP contribution in [0.2, 0.25) is 0 Å². The molecule has 7 nitrogen and oxygen atoms in total. The number of pyridine rings is 1. The van der Waals surface area contributed by atoms with Crippen LogP contribution in [0.1, 0.15) is 0 Å². The molecule has 0 atom stereocenters. The average Bonchev–Trinajstić information content (AvgIpc) is 2.99. The molecule has 1 aromatic carbocycles. The number of carbonyl (C=O) groups excluding carboxylic acids is 1. The van der Waals surface area contributed by atoms with Crippen LogP contribution >= 0.6 is 0 Å². The molecule has 2 heterocycles. The second-order valence-electron chi connectivity index (χ2n) is 5.59. The Kier molecular flexibility index (Phi) is 4.47. The topological polar surface area (TPSA) is 74.5 Å². The van der Waals surface area contributed by atoms with Crippen LogP contribution in [0.15, 0.2) is 47.5 Å². The molecule has 0 spiro atoms. The monoisotopic (exact) mass is 341 g/mol. The van der Waals surface area contributed by atoms with Crippen LogP contribution in [0.5, 0.6) is 11.5 Å². The molecule has 0 fully saturated rings. The highest BCUT2D eigenvalue weighted by atomic mass is 16.5. The van der Waals surface area contributed by atoms with Gasteiger partial charge >= 0.3 is 0 Å². The third-order valence-electron chi connectivity index (χ3n) is 4.00. The Morgan fingerprint density at radius 3 is 2.60 bits per heavy atom. The molecule has 0 aliphatic rings. The van der Waals surface area contributed by atoms with Crippen molar-refractivity contribution in [2.45, 2.75) is 6.54 Å². The van der Waals surface area contributed by atoms with Gasteiger partial charge in [0.25, 0.3) is 5.56 Å². The van der Waals surface area contributed by atoms with Gasteiger partial charge in [0.2, 0.25) is 5.91 Å². The molecule has 1 amide bonds. The Morgan fingerprint density at radius 1 is 1.12 bits per heavy atom. The number of aromatic nitrogens is 2. The lowest BCUT2D eigenvalue weighted by atomic mass is 10.2. The van der Waals surface area contributed by atoms with Crippen molar-refractivity contribution in [2.24, 2.45) is 7.05 Å². The molecular formula is C18H19N3O4. The minimum absolute atomic E-state index is 0.0882. The van der Waals surface area contributed by atoms with Gasteiger partial charge in [-0.15, -0.1) is 0 Å². The van der Waals surface area contributed by atoms with Crippen LogP contribution in [0.3, 0.4) is 0 Å². The van der Waals surface area contributed by atoms with E-state index in [1.54, 1.807) is 43.1 Å². The first-order valence-electron chi connectivity index (χ1n) is 7.70. The van der Waals surface area contributed by atoms with Crippen molar-refractivity contribution in [3.05, 3.63) is 53.1 Å². The number of carbonyl (C=O) groups is 1. The minimum atomic E-state index is -0.320. The normalized spacial score (nSPS) is 10.7. The first-order chi connectivity index (χ1) is 12.0. The Hall–Kier alpha value is -3.22. The zero-order chi connectivity index (χ0) is 18.0. The lowest BCUT2D eigenvalue weighted by Crippen LogP contribution is -2.28. The van der Waals surface area contributed by atoms with Crippen molar-refractivity contribution < 1.29 is 14.3 Å². The number of aryl methyl sites for hydroxylation is 1. The van der Waals surface area contributed by atoms with Gasteiger partial charge in [-0.3, -0.25) is 9.59 Å². The highest BCUT2D eigenvalue weighted by Gasteiger charge is 2.12. The van der Waals surface area contributed by atoms with E-state index in [2.05, 4.69) is 5.32 Å². The van der Waals surface area contributed by atoms with E-state index in [1.807, 2.05) is 18.3 Å². The predicted molar refractivity (Wildman–Crippen MR) is 95.4 cm³/mol. The molecule has 0 unspecified atom stereocenters.